The van der Waals surface area contributed by atoms with Crippen molar-refractivity contribution in [2.75, 3.05) is 24.6 Å². The zero-order valence-electron chi connectivity index (χ0n) is 21.8. The minimum absolute atomic E-state index is 0.0399. The predicted molar refractivity (Wildman–Crippen MR) is 138 cm³/mol. The molecule has 1 saturated heterocycles. The highest BCUT2D eigenvalue weighted by Gasteiger charge is 2.36. The molecule has 1 aromatic carbocycles. The van der Waals surface area contributed by atoms with Gasteiger partial charge in [-0.15, -0.1) is 0 Å². The summed E-state index contributed by atoms with van der Waals surface area (Å²) in [6.07, 6.45) is -0.172. The fraction of sp³-hybridized carbons (Fsp3) is 0.640. The first-order chi connectivity index (χ1) is 16.6. The first-order valence-corrected chi connectivity index (χ1v) is 14.1. The first kappa shape index (κ1) is 29.6. The van der Waals surface area contributed by atoms with Gasteiger partial charge in [0.15, 0.2) is 9.84 Å². The maximum atomic E-state index is 13.0. The van der Waals surface area contributed by atoms with Gasteiger partial charge in [-0.3, -0.25) is 9.59 Å². The van der Waals surface area contributed by atoms with Crippen LogP contribution in [0.1, 0.15) is 46.6 Å². The summed E-state index contributed by atoms with van der Waals surface area (Å²) in [6, 6.07) is 6.82. The highest BCUT2D eigenvalue weighted by molar-refractivity contribution is 7.92. The van der Waals surface area contributed by atoms with Gasteiger partial charge in [-0.1, -0.05) is 44.2 Å². The average molecular weight is 525 g/mol. The van der Waals surface area contributed by atoms with Crippen LogP contribution >= 0.6 is 0 Å². The van der Waals surface area contributed by atoms with Crippen molar-refractivity contribution in [2.24, 2.45) is 5.92 Å². The van der Waals surface area contributed by atoms with E-state index in [0.717, 1.165) is 12.0 Å². The Kier molecular flexibility index (Phi) is 10.3. The third-order valence-corrected chi connectivity index (χ3v) is 7.21. The second-order valence-electron chi connectivity index (χ2n) is 10.9. The van der Waals surface area contributed by atoms with Gasteiger partial charge in [0.25, 0.3) is 0 Å². The Morgan fingerprint density at radius 2 is 1.83 bits per heavy atom. The van der Waals surface area contributed by atoms with Crippen LogP contribution in [-0.4, -0.2) is 84.6 Å². The van der Waals surface area contributed by atoms with Gasteiger partial charge in [-0.25, -0.2) is 13.2 Å². The molecule has 4 amide bonds. The van der Waals surface area contributed by atoms with Gasteiger partial charge in [0.1, 0.15) is 11.8 Å². The quantitative estimate of drug-likeness (QED) is 0.357. The van der Waals surface area contributed by atoms with Crippen LogP contribution in [0.4, 0.5) is 4.79 Å². The molecule has 4 N–H and O–H groups in total. The summed E-state index contributed by atoms with van der Waals surface area (Å²) in [6.45, 7) is 10.1. The lowest BCUT2D eigenvalue weighted by molar-refractivity contribution is -0.128. The highest BCUT2D eigenvalue weighted by atomic mass is 32.2. The SMILES string of the molecule is CC(C)CCN(C[C@@H](O)[C@H](Cc1ccccc1)NC(=O)C1CS(=O)(=O)CC(=O)N1)C(=O)NC(C)(C)C. The number of urea groups is 1. The normalized spacial score (nSPS) is 19.2. The third kappa shape index (κ3) is 10.1. The largest absolute Gasteiger partial charge is 0.389 e. The zero-order chi connectivity index (χ0) is 27.1. The van der Waals surface area contributed by atoms with Crippen LogP contribution in [0, 0.1) is 5.92 Å². The van der Waals surface area contributed by atoms with Gasteiger partial charge < -0.3 is 26.0 Å². The summed E-state index contributed by atoms with van der Waals surface area (Å²) < 4.78 is 24.0. The van der Waals surface area contributed by atoms with E-state index in [2.05, 4.69) is 16.0 Å². The average Bonchev–Trinajstić information content (AvgIpc) is 2.73. The minimum Gasteiger partial charge on any atom is -0.389 e. The molecule has 0 radical (unpaired) electrons. The summed E-state index contributed by atoms with van der Waals surface area (Å²) in [5, 5.41) is 19.3. The van der Waals surface area contributed by atoms with Crippen LogP contribution in [0.3, 0.4) is 0 Å². The van der Waals surface area contributed by atoms with E-state index < -0.39 is 56.9 Å². The Hall–Kier alpha value is -2.66. The van der Waals surface area contributed by atoms with E-state index >= 15 is 0 Å². The molecule has 10 nitrogen and oxygen atoms in total. The Bertz CT molecular complexity index is 1010. The lowest BCUT2D eigenvalue weighted by atomic mass is 10.00. The number of nitrogens with one attached hydrogen (secondary N) is 3. The van der Waals surface area contributed by atoms with Crippen molar-refractivity contribution in [2.45, 2.75) is 71.2 Å². The van der Waals surface area contributed by atoms with Gasteiger partial charge in [0.2, 0.25) is 11.8 Å². The molecule has 36 heavy (non-hydrogen) atoms. The monoisotopic (exact) mass is 524 g/mol. The molecule has 1 unspecified atom stereocenters. The van der Waals surface area contributed by atoms with Crippen molar-refractivity contribution in [3.05, 3.63) is 35.9 Å². The molecule has 0 aliphatic carbocycles. The summed E-state index contributed by atoms with van der Waals surface area (Å²) in [4.78, 5) is 39.3. The molecular weight excluding hydrogens is 484 g/mol. The number of rotatable bonds is 10. The molecule has 202 valence electrons. The second kappa shape index (κ2) is 12.5. The standard InChI is InChI=1S/C25H40N4O6S/c1-17(2)11-12-29(24(33)28-25(3,4)5)14-21(30)19(13-18-9-7-6-8-10-18)27-23(32)20-15-36(34,35)16-22(31)26-20/h6-10,17,19-21,30H,11-16H2,1-5H3,(H,26,31)(H,27,32)(H,28,33)/t19-,20?,21+/m0/s1. The maximum absolute atomic E-state index is 13.0. The number of carbonyl (C=O) groups is 3. The van der Waals surface area contributed by atoms with Crippen LogP contribution in [-0.2, 0) is 25.8 Å². The van der Waals surface area contributed by atoms with Crippen molar-refractivity contribution >= 4 is 27.7 Å². The molecule has 0 saturated carbocycles. The lowest BCUT2D eigenvalue weighted by Gasteiger charge is -2.33. The van der Waals surface area contributed by atoms with Crippen LogP contribution in [0.5, 0.6) is 0 Å². The molecular formula is C25H40N4O6S. The molecule has 11 heteroatoms. The third-order valence-electron chi connectivity index (χ3n) is 5.67. The Morgan fingerprint density at radius 3 is 2.39 bits per heavy atom. The van der Waals surface area contributed by atoms with E-state index in [1.165, 1.54) is 4.90 Å². The van der Waals surface area contributed by atoms with E-state index in [0.29, 0.717) is 12.5 Å². The maximum Gasteiger partial charge on any atom is 0.317 e. The van der Waals surface area contributed by atoms with Crippen LogP contribution < -0.4 is 16.0 Å². The fourth-order valence-electron chi connectivity index (χ4n) is 3.81. The van der Waals surface area contributed by atoms with E-state index in [-0.39, 0.29) is 19.0 Å². The van der Waals surface area contributed by atoms with Crippen LogP contribution in [0.25, 0.3) is 0 Å². The molecule has 0 spiro atoms. The van der Waals surface area contributed by atoms with Gasteiger partial charge in [-0.05, 0) is 45.1 Å². The Labute approximate surface area is 214 Å². The van der Waals surface area contributed by atoms with E-state index in [9.17, 15) is 27.9 Å². The molecule has 1 aliphatic rings. The van der Waals surface area contributed by atoms with Gasteiger partial charge in [0, 0.05) is 12.1 Å². The van der Waals surface area contributed by atoms with Crippen molar-refractivity contribution < 1.29 is 27.9 Å². The predicted octanol–water partition coefficient (Wildman–Crippen LogP) is 0.844. The first-order valence-electron chi connectivity index (χ1n) is 12.2. The van der Waals surface area contributed by atoms with Gasteiger partial charge in [0.05, 0.1) is 24.4 Å². The number of aliphatic hydroxyl groups is 1. The van der Waals surface area contributed by atoms with Crippen molar-refractivity contribution in [1.82, 2.24) is 20.9 Å². The van der Waals surface area contributed by atoms with Crippen LogP contribution in [0.15, 0.2) is 30.3 Å². The summed E-state index contributed by atoms with van der Waals surface area (Å²) >= 11 is 0. The van der Waals surface area contributed by atoms with Gasteiger partial charge >= 0.3 is 6.03 Å². The summed E-state index contributed by atoms with van der Waals surface area (Å²) in [5.41, 5.74) is 0.371. The number of hydrogen-bond donors (Lipinski definition) is 4. The number of benzene rings is 1. The molecule has 2 rings (SSSR count). The number of hydrogen-bond acceptors (Lipinski definition) is 6. The van der Waals surface area contributed by atoms with E-state index in [4.69, 9.17) is 0 Å². The number of carbonyl (C=O) groups excluding carboxylic acids is 3. The lowest BCUT2D eigenvalue weighted by Crippen LogP contribution is -2.60. The molecule has 1 heterocycles. The van der Waals surface area contributed by atoms with Crippen molar-refractivity contribution in [3.8, 4) is 0 Å². The van der Waals surface area contributed by atoms with Crippen molar-refractivity contribution in [3.63, 3.8) is 0 Å². The molecule has 3 atom stereocenters. The van der Waals surface area contributed by atoms with Crippen molar-refractivity contribution in [1.29, 1.82) is 0 Å². The summed E-state index contributed by atoms with van der Waals surface area (Å²) in [5.74, 6) is -2.25. The Balaban J connectivity index is 2.23. The highest BCUT2D eigenvalue weighted by Crippen LogP contribution is 2.12. The molecule has 1 aromatic rings. The molecule has 1 aliphatic heterocycles. The zero-order valence-corrected chi connectivity index (χ0v) is 22.6. The number of amides is 4. The topological polar surface area (TPSA) is 145 Å². The van der Waals surface area contributed by atoms with E-state index in [1.54, 1.807) is 0 Å². The molecule has 1 fully saturated rings. The summed E-state index contributed by atoms with van der Waals surface area (Å²) in [7, 11) is -3.70. The molecule has 0 aromatic heterocycles. The fourth-order valence-corrected chi connectivity index (χ4v) is 5.15. The molecule has 0 bridgehead atoms. The number of aliphatic hydroxyl groups excluding tert-OH is 1. The Morgan fingerprint density at radius 1 is 1.19 bits per heavy atom. The van der Waals surface area contributed by atoms with Gasteiger partial charge in [-0.2, -0.15) is 0 Å². The number of nitrogens with zero attached hydrogens (tertiary/aromatic N) is 1. The number of sulfone groups is 1. The second-order valence-corrected chi connectivity index (χ2v) is 13.0. The minimum atomic E-state index is -3.70. The smallest absolute Gasteiger partial charge is 0.317 e. The van der Waals surface area contributed by atoms with Crippen LogP contribution in [0.2, 0.25) is 0 Å². The van der Waals surface area contributed by atoms with E-state index in [1.807, 2.05) is 65.0 Å².